The monoisotopic (exact) mass is 282 g/mol. The summed E-state index contributed by atoms with van der Waals surface area (Å²) >= 11 is 0. The van der Waals surface area contributed by atoms with Crippen LogP contribution in [-0.2, 0) is 9.84 Å². The Labute approximate surface area is 110 Å². The summed E-state index contributed by atoms with van der Waals surface area (Å²) in [5, 5.41) is 15.0. The van der Waals surface area contributed by atoms with Gasteiger partial charge < -0.3 is 10.9 Å². The summed E-state index contributed by atoms with van der Waals surface area (Å²) in [6.07, 6.45) is 1.37. The molecule has 0 spiro atoms. The van der Waals surface area contributed by atoms with E-state index >= 15 is 0 Å². The summed E-state index contributed by atoms with van der Waals surface area (Å²) in [6.45, 7) is 1.91. The first kappa shape index (κ1) is 13.5. The van der Waals surface area contributed by atoms with Crippen molar-refractivity contribution in [3.05, 3.63) is 23.4 Å². The van der Waals surface area contributed by atoms with Gasteiger partial charge in [-0.2, -0.15) is 0 Å². The van der Waals surface area contributed by atoms with Crippen LogP contribution >= 0.6 is 0 Å². The fraction of sp³-hybridized carbons (Fsp3) is 0.364. The molecule has 0 atom stereocenters. The first-order valence-corrected chi connectivity index (χ1v) is 7.49. The van der Waals surface area contributed by atoms with Gasteiger partial charge in [-0.25, -0.2) is 13.4 Å². The molecule has 1 aromatic heterocycles. The number of benzene rings is 1. The number of unbranched alkanes of at least 4 members (excludes halogenated alkanes) is 1. The molecule has 102 valence electrons. The number of rotatable bonds is 4. The molecule has 2 aromatic rings. The number of nitrogens with two attached hydrogens (primary N) is 1. The fourth-order valence-electron chi connectivity index (χ4n) is 1.69. The van der Waals surface area contributed by atoms with Gasteiger partial charge in [0.15, 0.2) is 9.84 Å². The van der Waals surface area contributed by atoms with E-state index in [1.807, 2.05) is 6.92 Å². The molecule has 0 aliphatic carbocycles. The van der Waals surface area contributed by atoms with E-state index in [1.165, 1.54) is 18.2 Å². The Morgan fingerprint density at radius 3 is 2.84 bits per heavy atom. The lowest BCUT2D eigenvalue weighted by Crippen LogP contribution is -2.33. The Kier molecular flexibility index (Phi) is 3.52. The number of hydrogen-bond donors (Lipinski definition) is 1. The minimum Gasteiger partial charge on any atom is -0.594 e. The van der Waals surface area contributed by atoms with Gasteiger partial charge in [-0.3, -0.25) is 0 Å². The number of nitrogens with zero attached hydrogens (tertiary/aromatic N) is 3. The molecule has 7 nitrogen and oxygen atoms in total. The number of sulfone groups is 1. The molecule has 0 aliphatic heterocycles. The number of fused-ring (bicyclic) bond motifs is 1. The topological polar surface area (TPSA) is 113 Å². The average Bonchev–Trinajstić information content (AvgIpc) is 2.35. The van der Waals surface area contributed by atoms with Gasteiger partial charge in [-0.1, -0.05) is 13.3 Å². The molecule has 0 saturated carbocycles. The molecule has 1 heterocycles. The average molecular weight is 282 g/mol. The smallest absolute Gasteiger partial charge is 0.288 e. The third-order valence-electron chi connectivity index (χ3n) is 2.71. The Bertz CT molecular complexity index is 715. The SMILES string of the molecule is CCCCS(=O)(=O)c1ccc2nc(N)n[n+]([O-])c2c1. The van der Waals surface area contributed by atoms with E-state index < -0.39 is 9.84 Å². The predicted molar refractivity (Wildman–Crippen MR) is 69.9 cm³/mol. The van der Waals surface area contributed by atoms with Gasteiger partial charge in [-0.15, -0.1) is 0 Å². The van der Waals surface area contributed by atoms with Gasteiger partial charge in [0, 0.05) is 6.07 Å². The maximum absolute atomic E-state index is 12.0. The van der Waals surface area contributed by atoms with E-state index in [9.17, 15) is 13.6 Å². The third-order valence-corrected chi connectivity index (χ3v) is 4.51. The Morgan fingerprint density at radius 1 is 1.42 bits per heavy atom. The number of hydrogen-bond acceptors (Lipinski definition) is 6. The molecule has 8 heteroatoms. The molecule has 1 aromatic carbocycles. The second kappa shape index (κ2) is 4.96. The highest BCUT2D eigenvalue weighted by molar-refractivity contribution is 7.91. The maximum Gasteiger partial charge on any atom is 0.288 e. The maximum atomic E-state index is 12.0. The van der Waals surface area contributed by atoms with Crippen LogP contribution in [0.5, 0.6) is 0 Å². The lowest BCUT2D eigenvalue weighted by atomic mass is 10.3. The molecule has 2 N–H and O–H groups in total. The zero-order valence-corrected chi connectivity index (χ0v) is 11.2. The third kappa shape index (κ3) is 2.73. The number of anilines is 1. The van der Waals surface area contributed by atoms with Gasteiger partial charge in [0.25, 0.3) is 11.5 Å². The van der Waals surface area contributed by atoms with Gasteiger partial charge in [0.05, 0.1) is 15.7 Å². The molecular formula is C11H14N4O3S. The molecule has 0 aliphatic rings. The zero-order chi connectivity index (χ0) is 14.0. The van der Waals surface area contributed by atoms with Crippen molar-refractivity contribution >= 4 is 26.8 Å². The van der Waals surface area contributed by atoms with Gasteiger partial charge in [-0.05, 0) is 23.4 Å². The van der Waals surface area contributed by atoms with Crippen LogP contribution in [0.25, 0.3) is 11.0 Å². The summed E-state index contributed by atoms with van der Waals surface area (Å²) < 4.78 is 24.1. The molecule has 2 rings (SSSR count). The van der Waals surface area contributed by atoms with Crippen LogP contribution in [0, 0.1) is 5.21 Å². The zero-order valence-electron chi connectivity index (χ0n) is 10.4. The minimum atomic E-state index is -3.38. The van der Waals surface area contributed by atoms with Crippen molar-refractivity contribution in [2.45, 2.75) is 24.7 Å². The molecular weight excluding hydrogens is 268 g/mol. The molecule has 19 heavy (non-hydrogen) atoms. The van der Waals surface area contributed by atoms with Crippen molar-refractivity contribution in [3.63, 3.8) is 0 Å². The standard InChI is InChI=1S/C11H14N4O3S/c1-2-3-6-19(17,18)8-4-5-9-10(7-8)15(16)14-11(12)13-9/h4-5,7H,2-3,6H2,1H3,(H2,12,13,14). The van der Waals surface area contributed by atoms with E-state index in [2.05, 4.69) is 10.1 Å². The summed E-state index contributed by atoms with van der Waals surface area (Å²) in [5.74, 6) is -0.0898. The van der Waals surface area contributed by atoms with Crippen LogP contribution in [0.1, 0.15) is 19.8 Å². The normalized spacial score (nSPS) is 11.8. The second-order valence-corrected chi connectivity index (χ2v) is 6.28. The highest BCUT2D eigenvalue weighted by Crippen LogP contribution is 2.17. The lowest BCUT2D eigenvalue weighted by molar-refractivity contribution is -0.641. The largest absolute Gasteiger partial charge is 0.594 e. The van der Waals surface area contributed by atoms with Crippen molar-refractivity contribution < 1.29 is 13.3 Å². The highest BCUT2D eigenvalue weighted by atomic mass is 32.2. The first-order valence-electron chi connectivity index (χ1n) is 5.84. The fourth-order valence-corrected chi connectivity index (χ4v) is 3.16. The van der Waals surface area contributed by atoms with Crippen molar-refractivity contribution in [1.29, 1.82) is 0 Å². The highest BCUT2D eigenvalue weighted by Gasteiger charge is 2.18. The summed E-state index contributed by atoms with van der Waals surface area (Å²) in [5.41, 5.74) is 5.76. The first-order chi connectivity index (χ1) is 8.94. The van der Waals surface area contributed by atoms with Crippen molar-refractivity contribution in [2.24, 2.45) is 0 Å². The molecule has 0 bridgehead atoms. The Morgan fingerprint density at radius 2 is 2.16 bits per heavy atom. The van der Waals surface area contributed by atoms with Crippen LogP contribution in [-0.4, -0.2) is 24.3 Å². The van der Waals surface area contributed by atoms with Crippen LogP contribution in [0.15, 0.2) is 23.1 Å². The van der Waals surface area contributed by atoms with Crippen molar-refractivity contribution in [1.82, 2.24) is 10.1 Å². The van der Waals surface area contributed by atoms with E-state index in [0.29, 0.717) is 11.9 Å². The van der Waals surface area contributed by atoms with Crippen LogP contribution in [0.3, 0.4) is 0 Å². The number of aromatic nitrogens is 3. The summed E-state index contributed by atoms with van der Waals surface area (Å²) in [4.78, 5) is 4.26. The van der Waals surface area contributed by atoms with Crippen LogP contribution < -0.4 is 10.6 Å². The number of nitrogen functional groups attached to an aromatic ring is 1. The van der Waals surface area contributed by atoms with Gasteiger partial charge in [0.2, 0.25) is 0 Å². The van der Waals surface area contributed by atoms with E-state index in [-0.39, 0.29) is 27.0 Å². The summed E-state index contributed by atoms with van der Waals surface area (Å²) in [7, 11) is -3.38. The Hall–Kier alpha value is -1.96. The quantitative estimate of drug-likeness (QED) is 0.642. The van der Waals surface area contributed by atoms with Gasteiger partial charge >= 0.3 is 0 Å². The molecule has 0 saturated heterocycles. The summed E-state index contributed by atoms with van der Waals surface area (Å²) in [6, 6.07) is 4.17. The predicted octanol–water partition coefficient (Wildman–Crippen LogP) is 0.419. The van der Waals surface area contributed by atoms with Crippen LogP contribution in [0.2, 0.25) is 0 Å². The van der Waals surface area contributed by atoms with Crippen LogP contribution in [0.4, 0.5) is 5.95 Å². The molecule has 0 radical (unpaired) electrons. The minimum absolute atomic E-state index is 0.0592. The van der Waals surface area contributed by atoms with Crippen molar-refractivity contribution in [3.8, 4) is 0 Å². The lowest BCUT2D eigenvalue weighted by Gasteiger charge is -2.04. The van der Waals surface area contributed by atoms with E-state index in [0.717, 1.165) is 6.42 Å². The van der Waals surface area contributed by atoms with Gasteiger partial charge in [0.1, 0.15) is 5.52 Å². The van der Waals surface area contributed by atoms with E-state index in [4.69, 9.17) is 5.73 Å². The van der Waals surface area contributed by atoms with E-state index in [1.54, 1.807) is 0 Å². The Balaban J connectivity index is 2.53. The molecule has 0 unspecified atom stereocenters. The second-order valence-electron chi connectivity index (χ2n) is 4.17. The molecule has 0 fully saturated rings. The van der Waals surface area contributed by atoms with Crippen molar-refractivity contribution in [2.75, 3.05) is 11.5 Å². The molecule has 0 amide bonds.